The van der Waals surface area contributed by atoms with Crippen molar-refractivity contribution in [3.05, 3.63) is 47.0 Å². The molecule has 0 saturated heterocycles. The van der Waals surface area contributed by atoms with Crippen molar-refractivity contribution in [2.45, 2.75) is 32.0 Å². The van der Waals surface area contributed by atoms with Gasteiger partial charge in [-0.1, -0.05) is 11.3 Å². The number of carbonyl (C=O) groups is 1. The number of urea groups is 1. The second kappa shape index (κ2) is 9.09. The molecule has 0 spiro atoms. The van der Waals surface area contributed by atoms with Gasteiger partial charge in [-0.3, -0.25) is 0 Å². The lowest BCUT2D eigenvalue weighted by molar-refractivity contribution is -0.137. The molecule has 1 aliphatic rings. The van der Waals surface area contributed by atoms with Crippen molar-refractivity contribution in [2.75, 3.05) is 24.7 Å². The molecule has 4 aromatic heterocycles. The first-order chi connectivity index (χ1) is 17.1. The average Bonchev–Trinajstić information content (AvgIpc) is 3.32. The van der Waals surface area contributed by atoms with E-state index >= 15 is 0 Å². The number of nitrogens with one attached hydrogen (secondary N) is 2. The molecular weight excluding hydrogens is 495 g/mol. The number of carbonyl (C=O) groups excluding carboxylic acids is 1. The lowest BCUT2D eigenvalue weighted by Gasteiger charge is -2.27. The van der Waals surface area contributed by atoms with Gasteiger partial charge in [0.15, 0.2) is 5.82 Å². The third-order valence-electron chi connectivity index (χ3n) is 5.78. The van der Waals surface area contributed by atoms with Crippen LogP contribution in [-0.4, -0.2) is 55.0 Å². The van der Waals surface area contributed by atoms with Crippen LogP contribution in [-0.2, 0) is 6.18 Å². The Morgan fingerprint density at radius 2 is 1.89 bits per heavy atom. The van der Waals surface area contributed by atoms with Crippen LogP contribution in [0.2, 0.25) is 0 Å². The normalized spacial score (nSPS) is 14.9. The van der Waals surface area contributed by atoms with Crippen LogP contribution in [0.25, 0.3) is 16.2 Å². The van der Waals surface area contributed by atoms with Crippen LogP contribution in [0.5, 0.6) is 0 Å². The van der Waals surface area contributed by atoms with E-state index in [2.05, 4.69) is 40.7 Å². The summed E-state index contributed by atoms with van der Waals surface area (Å²) in [7, 11) is 3.94. The molecule has 1 unspecified atom stereocenters. The monoisotopic (exact) mass is 517 g/mol. The highest BCUT2D eigenvalue weighted by molar-refractivity contribution is 7.18. The predicted molar refractivity (Wildman–Crippen MR) is 128 cm³/mol. The fourth-order valence-corrected chi connectivity index (χ4v) is 5.00. The van der Waals surface area contributed by atoms with Crippen molar-refractivity contribution < 1.29 is 18.0 Å². The Balaban J connectivity index is 1.46. The van der Waals surface area contributed by atoms with E-state index in [4.69, 9.17) is 0 Å². The van der Waals surface area contributed by atoms with Crippen molar-refractivity contribution in [3.63, 3.8) is 0 Å². The quantitative estimate of drug-likeness (QED) is 0.383. The average molecular weight is 518 g/mol. The molecule has 36 heavy (non-hydrogen) atoms. The number of thiazole rings is 1. The first-order valence-electron chi connectivity index (χ1n) is 11.1. The Bertz CT molecular complexity index is 1410. The zero-order chi connectivity index (χ0) is 25.6. The molecule has 1 aliphatic carbocycles. The van der Waals surface area contributed by atoms with Gasteiger partial charge in [-0.2, -0.15) is 23.4 Å². The van der Waals surface area contributed by atoms with E-state index in [1.807, 2.05) is 21.0 Å². The number of anilines is 2. The summed E-state index contributed by atoms with van der Waals surface area (Å²) >= 11 is 1.47. The van der Waals surface area contributed by atoms with Crippen LogP contribution in [0.3, 0.4) is 0 Å². The number of aromatic nitrogens is 6. The molecule has 5 rings (SSSR count). The van der Waals surface area contributed by atoms with Crippen LogP contribution in [0, 0.1) is 12.8 Å². The molecule has 2 amide bonds. The highest BCUT2D eigenvalue weighted by Crippen LogP contribution is 2.47. The molecule has 4 heterocycles. The van der Waals surface area contributed by atoms with E-state index in [0.29, 0.717) is 11.6 Å². The Morgan fingerprint density at radius 1 is 1.17 bits per heavy atom. The van der Waals surface area contributed by atoms with E-state index in [1.54, 1.807) is 6.20 Å². The molecule has 188 valence electrons. The van der Waals surface area contributed by atoms with Gasteiger partial charge in [0, 0.05) is 11.6 Å². The number of rotatable bonds is 6. The maximum atomic E-state index is 13.7. The second-order valence-electron chi connectivity index (χ2n) is 8.71. The second-order valence-corrected chi connectivity index (χ2v) is 9.89. The molecule has 0 aliphatic heterocycles. The Hall–Kier alpha value is -3.65. The zero-order valence-corrected chi connectivity index (χ0v) is 20.4. The smallest absolute Gasteiger partial charge is 0.306 e. The minimum absolute atomic E-state index is 0.00616. The molecule has 0 radical (unpaired) electrons. The third-order valence-corrected chi connectivity index (χ3v) is 6.66. The molecule has 2 N–H and O–H groups in total. The van der Waals surface area contributed by atoms with Gasteiger partial charge in [0.2, 0.25) is 0 Å². The third kappa shape index (κ3) is 4.73. The van der Waals surface area contributed by atoms with Gasteiger partial charge in [0.05, 0.1) is 41.2 Å². The summed E-state index contributed by atoms with van der Waals surface area (Å²) in [6, 6.07) is 0.0775. The van der Waals surface area contributed by atoms with Crippen LogP contribution in [0.4, 0.5) is 29.3 Å². The van der Waals surface area contributed by atoms with Gasteiger partial charge in [-0.05, 0) is 45.8 Å². The highest BCUT2D eigenvalue weighted by Gasteiger charge is 2.38. The summed E-state index contributed by atoms with van der Waals surface area (Å²) in [6.45, 7) is 1.89. The minimum atomic E-state index is -4.74. The Kier molecular flexibility index (Phi) is 6.08. The van der Waals surface area contributed by atoms with E-state index in [1.165, 1.54) is 23.7 Å². The summed E-state index contributed by atoms with van der Waals surface area (Å²) in [4.78, 5) is 29.5. The van der Waals surface area contributed by atoms with Crippen molar-refractivity contribution in [3.8, 4) is 5.82 Å². The highest BCUT2D eigenvalue weighted by atomic mass is 32.1. The number of aryl methyl sites for hydroxylation is 1. The maximum absolute atomic E-state index is 13.7. The standard InChI is InChI=1S/C22H22F3N9OS/c1-11-30-17-16(18(33(2)3)12-4-5-12)15(10-27-20(17)36-11)32-21(35)31-13-8-14(22(23,24)25)19(26-9-13)34-28-6-7-29-34/h6-10,12,18H,4-5H2,1-3H3,(H2,31,32,35). The van der Waals surface area contributed by atoms with Crippen LogP contribution < -0.4 is 10.6 Å². The first kappa shape index (κ1) is 24.1. The molecule has 1 fully saturated rings. The fraction of sp³-hybridized carbons (Fsp3) is 0.364. The number of nitrogens with zero attached hydrogens (tertiary/aromatic N) is 7. The van der Waals surface area contributed by atoms with E-state index < -0.39 is 23.6 Å². The predicted octanol–water partition coefficient (Wildman–Crippen LogP) is 4.65. The molecule has 14 heteroatoms. The van der Waals surface area contributed by atoms with Crippen molar-refractivity contribution in [1.82, 2.24) is 34.8 Å². The molecule has 1 atom stereocenters. The van der Waals surface area contributed by atoms with Crippen LogP contribution in [0.1, 0.15) is 35.0 Å². The Labute approximate surface area is 207 Å². The lowest BCUT2D eigenvalue weighted by atomic mass is 9.99. The summed E-state index contributed by atoms with van der Waals surface area (Å²) in [5.41, 5.74) is 0.804. The maximum Gasteiger partial charge on any atom is 0.420 e. The lowest BCUT2D eigenvalue weighted by Crippen LogP contribution is -2.26. The topological polar surface area (TPSA) is 114 Å². The number of halogens is 3. The molecule has 0 bridgehead atoms. The molecule has 0 aromatic carbocycles. The first-order valence-corrected chi connectivity index (χ1v) is 11.9. The minimum Gasteiger partial charge on any atom is -0.306 e. The summed E-state index contributed by atoms with van der Waals surface area (Å²) in [5.74, 6) is -0.0780. The van der Waals surface area contributed by atoms with E-state index in [-0.39, 0.29) is 11.7 Å². The molecule has 4 aromatic rings. The summed E-state index contributed by atoms with van der Waals surface area (Å²) in [5, 5.41) is 13.5. The van der Waals surface area contributed by atoms with Gasteiger partial charge in [0.25, 0.3) is 0 Å². The zero-order valence-electron chi connectivity index (χ0n) is 19.5. The fourth-order valence-electron chi connectivity index (χ4n) is 4.23. The van der Waals surface area contributed by atoms with Gasteiger partial charge in [0.1, 0.15) is 15.9 Å². The Morgan fingerprint density at radius 3 is 2.53 bits per heavy atom. The van der Waals surface area contributed by atoms with E-state index in [0.717, 1.165) is 50.8 Å². The number of alkyl halides is 3. The summed E-state index contributed by atoms with van der Waals surface area (Å²) < 4.78 is 41.1. The molecule has 1 saturated carbocycles. The van der Waals surface area contributed by atoms with E-state index in [9.17, 15) is 18.0 Å². The van der Waals surface area contributed by atoms with Gasteiger partial charge in [-0.25, -0.2) is 19.7 Å². The van der Waals surface area contributed by atoms with Crippen LogP contribution >= 0.6 is 11.3 Å². The van der Waals surface area contributed by atoms with Gasteiger partial charge < -0.3 is 15.5 Å². The van der Waals surface area contributed by atoms with Crippen molar-refractivity contribution >= 4 is 39.1 Å². The largest absolute Gasteiger partial charge is 0.420 e. The SMILES string of the molecule is Cc1nc2c(C(C3CC3)N(C)C)c(NC(=O)Nc3cnc(-n4nccn4)c(C(F)(F)F)c3)cnc2s1. The number of hydrogen-bond donors (Lipinski definition) is 2. The molecular formula is C22H22F3N9OS. The van der Waals surface area contributed by atoms with Crippen LogP contribution in [0.15, 0.2) is 30.9 Å². The number of hydrogen-bond acceptors (Lipinski definition) is 8. The number of pyridine rings is 2. The van der Waals surface area contributed by atoms with Crippen molar-refractivity contribution in [2.24, 2.45) is 5.92 Å². The van der Waals surface area contributed by atoms with Gasteiger partial charge in [-0.15, -0.1) is 4.80 Å². The number of amides is 2. The van der Waals surface area contributed by atoms with Gasteiger partial charge >= 0.3 is 12.2 Å². The van der Waals surface area contributed by atoms with Crippen molar-refractivity contribution in [1.29, 1.82) is 0 Å². The number of fused-ring (bicyclic) bond motifs is 1. The molecule has 10 nitrogen and oxygen atoms in total. The summed E-state index contributed by atoms with van der Waals surface area (Å²) in [6.07, 6.45) is 2.56.